The fourth-order valence-electron chi connectivity index (χ4n) is 3.20. The van der Waals surface area contributed by atoms with Gasteiger partial charge in [-0.25, -0.2) is 4.79 Å². The molecule has 0 aromatic carbocycles. The third-order valence-corrected chi connectivity index (χ3v) is 4.21. The van der Waals surface area contributed by atoms with Crippen molar-refractivity contribution in [1.82, 2.24) is 14.7 Å². The lowest BCUT2D eigenvalue weighted by atomic mass is 10.1. The first kappa shape index (κ1) is 22.2. The van der Waals surface area contributed by atoms with Crippen LogP contribution in [0.25, 0.3) is 0 Å². The molecule has 0 spiro atoms. The largest absolute Gasteiger partial charge is 0.453 e. The van der Waals surface area contributed by atoms with Crippen LogP contribution in [0.3, 0.4) is 0 Å². The molecule has 1 heterocycles. The molecule has 1 rings (SSSR count). The van der Waals surface area contributed by atoms with Gasteiger partial charge in [0.25, 0.3) is 0 Å². The number of rotatable bonds is 7. The second kappa shape index (κ2) is 12.6. The molecular formula is C18H39N3O2. The number of unbranched alkanes of at least 4 members (excludes halogenated alkanes) is 3. The molecule has 1 saturated heterocycles. The lowest BCUT2D eigenvalue weighted by molar-refractivity contribution is 0.0321. The highest BCUT2D eigenvalue weighted by Crippen LogP contribution is 2.17. The van der Waals surface area contributed by atoms with Crippen LogP contribution in [0.1, 0.15) is 53.4 Å². The van der Waals surface area contributed by atoms with Crippen LogP contribution >= 0.6 is 0 Å². The van der Waals surface area contributed by atoms with Crippen molar-refractivity contribution < 1.29 is 9.53 Å². The minimum Gasteiger partial charge on any atom is -0.453 e. The molecule has 1 aliphatic rings. The zero-order valence-electron chi connectivity index (χ0n) is 16.5. The lowest BCUT2D eigenvalue weighted by Crippen LogP contribution is -2.58. The zero-order valence-corrected chi connectivity index (χ0v) is 16.5. The molecule has 0 saturated carbocycles. The van der Waals surface area contributed by atoms with Crippen LogP contribution in [0.15, 0.2) is 0 Å². The van der Waals surface area contributed by atoms with Crippen molar-refractivity contribution in [2.24, 2.45) is 0 Å². The molecule has 0 bridgehead atoms. The highest BCUT2D eigenvalue weighted by atomic mass is 16.5. The van der Waals surface area contributed by atoms with Crippen LogP contribution in [0.4, 0.5) is 4.79 Å². The van der Waals surface area contributed by atoms with Crippen molar-refractivity contribution in [1.29, 1.82) is 0 Å². The third-order valence-electron chi connectivity index (χ3n) is 4.21. The first-order valence-corrected chi connectivity index (χ1v) is 9.19. The molecule has 5 nitrogen and oxygen atoms in total. The molecule has 23 heavy (non-hydrogen) atoms. The average molecular weight is 330 g/mol. The number of methoxy groups -OCH3 is 1. The van der Waals surface area contributed by atoms with Crippen LogP contribution in [0, 0.1) is 0 Å². The van der Waals surface area contributed by atoms with Crippen molar-refractivity contribution >= 4 is 6.09 Å². The summed E-state index contributed by atoms with van der Waals surface area (Å²) >= 11 is 0. The number of nitrogens with zero attached hydrogens (tertiary/aromatic N) is 3. The van der Waals surface area contributed by atoms with E-state index in [4.69, 9.17) is 4.74 Å². The van der Waals surface area contributed by atoms with Crippen molar-refractivity contribution in [3.05, 3.63) is 0 Å². The first-order valence-electron chi connectivity index (χ1n) is 9.19. The fraction of sp³-hybridized carbons (Fsp3) is 0.944. The highest BCUT2D eigenvalue weighted by Gasteiger charge is 2.32. The number of piperazine rings is 1. The van der Waals surface area contributed by atoms with Crippen molar-refractivity contribution in [3.63, 3.8) is 0 Å². The third kappa shape index (κ3) is 8.56. The van der Waals surface area contributed by atoms with E-state index in [9.17, 15) is 4.79 Å². The monoisotopic (exact) mass is 329 g/mol. The van der Waals surface area contributed by atoms with Gasteiger partial charge in [0.05, 0.1) is 7.11 Å². The van der Waals surface area contributed by atoms with Gasteiger partial charge in [-0.1, -0.05) is 26.7 Å². The maximum absolute atomic E-state index is 11.8. The Morgan fingerprint density at radius 3 is 2.04 bits per heavy atom. The Hall–Kier alpha value is -0.810. The minimum atomic E-state index is -0.196. The van der Waals surface area contributed by atoms with Gasteiger partial charge in [-0.2, -0.15) is 0 Å². The van der Waals surface area contributed by atoms with Crippen molar-refractivity contribution in [2.45, 2.75) is 65.5 Å². The minimum absolute atomic E-state index is 0.196. The standard InChI is InChI=1S/C16H33N3O2.C2H6/c1-14-12-18(11-9-7-6-8-10-17(3)4)13-15(2)19(14)16(20)21-5;1-2/h14-15H,6-13H2,1-5H3;1-2H3. The second-order valence-corrected chi connectivity index (χ2v) is 6.55. The quantitative estimate of drug-likeness (QED) is 0.672. The second-order valence-electron chi connectivity index (χ2n) is 6.55. The summed E-state index contributed by atoms with van der Waals surface area (Å²) in [5.41, 5.74) is 0. The Balaban J connectivity index is 0.00000232. The molecular weight excluding hydrogens is 290 g/mol. The number of hydrogen-bond acceptors (Lipinski definition) is 4. The molecule has 0 aliphatic carbocycles. The van der Waals surface area contributed by atoms with Gasteiger partial charge in [-0.3, -0.25) is 4.90 Å². The van der Waals surface area contributed by atoms with Gasteiger partial charge in [-0.05, 0) is 53.9 Å². The number of ether oxygens (including phenoxy) is 1. The Morgan fingerprint density at radius 1 is 1.04 bits per heavy atom. The summed E-state index contributed by atoms with van der Waals surface area (Å²) in [4.78, 5) is 18.4. The van der Waals surface area contributed by atoms with Gasteiger partial charge in [0, 0.05) is 25.2 Å². The van der Waals surface area contributed by atoms with Crippen molar-refractivity contribution in [3.8, 4) is 0 Å². The van der Waals surface area contributed by atoms with Gasteiger partial charge in [0.2, 0.25) is 0 Å². The van der Waals surface area contributed by atoms with E-state index in [-0.39, 0.29) is 18.2 Å². The molecule has 1 aliphatic heterocycles. The molecule has 0 aromatic heterocycles. The topological polar surface area (TPSA) is 36.0 Å². The van der Waals surface area contributed by atoms with E-state index in [0.29, 0.717) is 0 Å². The zero-order chi connectivity index (χ0) is 17.8. The molecule has 1 fully saturated rings. The van der Waals surface area contributed by atoms with Gasteiger partial charge >= 0.3 is 6.09 Å². The van der Waals surface area contributed by atoms with Gasteiger partial charge in [0.1, 0.15) is 0 Å². The van der Waals surface area contributed by atoms with Crippen LogP contribution < -0.4 is 0 Å². The predicted molar refractivity (Wildman–Crippen MR) is 98.0 cm³/mol. The fourth-order valence-corrected chi connectivity index (χ4v) is 3.20. The molecule has 2 unspecified atom stereocenters. The molecule has 5 heteroatoms. The maximum Gasteiger partial charge on any atom is 0.410 e. The average Bonchev–Trinajstić information content (AvgIpc) is 2.51. The van der Waals surface area contributed by atoms with Crippen LogP contribution in [0.5, 0.6) is 0 Å². The summed E-state index contributed by atoms with van der Waals surface area (Å²) in [6.07, 6.45) is 4.96. The van der Waals surface area contributed by atoms with Crippen LogP contribution in [-0.2, 0) is 4.74 Å². The van der Waals surface area contributed by atoms with E-state index in [1.165, 1.54) is 39.3 Å². The summed E-state index contributed by atoms with van der Waals surface area (Å²) < 4.78 is 4.87. The lowest BCUT2D eigenvalue weighted by Gasteiger charge is -2.43. The number of carbonyl (C=O) groups is 1. The molecule has 1 amide bonds. The van der Waals surface area contributed by atoms with E-state index in [1.54, 1.807) is 0 Å². The summed E-state index contributed by atoms with van der Waals surface area (Å²) in [6.45, 7) is 12.5. The van der Waals surface area contributed by atoms with Crippen LogP contribution in [0.2, 0.25) is 0 Å². The summed E-state index contributed by atoms with van der Waals surface area (Å²) in [7, 11) is 5.72. The number of amides is 1. The van der Waals surface area contributed by atoms with E-state index in [1.807, 2.05) is 18.7 Å². The molecule has 2 atom stereocenters. The van der Waals surface area contributed by atoms with E-state index < -0.39 is 0 Å². The number of hydrogen-bond donors (Lipinski definition) is 0. The van der Waals surface area contributed by atoms with Gasteiger partial charge in [0.15, 0.2) is 0 Å². The van der Waals surface area contributed by atoms with Gasteiger partial charge < -0.3 is 14.5 Å². The Bertz CT molecular complexity index is 299. The van der Waals surface area contributed by atoms with Gasteiger partial charge in [-0.15, -0.1) is 0 Å². The smallest absolute Gasteiger partial charge is 0.410 e. The Kier molecular flexibility index (Phi) is 12.1. The first-order chi connectivity index (χ1) is 11.0. The predicted octanol–water partition coefficient (Wildman–Crippen LogP) is 3.30. The Morgan fingerprint density at radius 2 is 1.57 bits per heavy atom. The molecule has 0 N–H and O–H groups in total. The summed E-state index contributed by atoms with van der Waals surface area (Å²) in [5, 5.41) is 0. The maximum atomic E-state index is 11.8. The van der Waals surface area contributed by atoms with E-state index in [2.05, 4.69) is 37.7 Å². The molecule has 138 valence electrons. The summed E-state index contributed by atoms with van der Waals surface area (Å²) in [6, 6.07) is 0.463. The van der Waals surface area contributed by atoms with E-state index in [0.717, 1.165) is 19.6 Å². The molecule has 0 aromatic rings. The van der Waals surface area contributed by atoms with E-state index >= 15 is 0 Å². The Labute approximate surface area is 143 Å². The number of carbonyl (C=O) groups excluding carboxylic acids is 1. The SMILES string of the molecule is CC.COC(=O)N1C(C)CN(CCCCCCN(C)C)CC1C. The van der Waals surface area contributed by atoms with Crippen LogP contribution in [-0.4, -0.2) is 80.3 Å². The van der Waals surface area contributed by atoms with Crippen molar-refractivity contribution in [2.75, 3.05) is 47.4 Å². The summed E-state index contributed by atoms with van der Waals surface area (Å²) in [5.74, 6) is 0. The normalized spacial score (nSPS) is 21.8. The highest BCUT2D eigenvalue weighted by molar-refractivity contribution is 5.68. The molecule has 0 radical (unpaired) electrons.